The molecule has 0 bridgehead atoms. The highest BCUT2D eigenvalue weighted by Gasteiger charge is 1.85. The maximum absolute atomic E-state index is 9.67. The van der Waals surface area contributed by atoms with Crippen molar-refractivity contribution in [3.8, 4) is 0 Å². The fraction of sp³-hybridized carbons (Fsp3) is 1.00. The van der Waals surface area contributed by atoms with Crippen LogP contribution in [0.1, 0.15) is 0 Å². The van der Waals surface area contributed by atoms with Crippen LogP contribution in [-0.4, -0.2) is 18.0 Å². The minimum Gasteiger partial charge on any atom is -0.328 e. The molecule has 3 N–H and O–H groups in total. The van der Waals surface area contributed by atoms with Gasteiger partial charge in [-0.1, -0.05) is 0 Å². The van der Waals surface area contributed by atoms with Gasteiger partial charge in [0, 0.05) is 6.54 Å². The van der Waals surface area contributed by atoms with E-state index in [0.717, 1.165) is 0 Å². The quantitative estimate of drug-likeness (QED) is 0.491. The SMILES string of the molecule is NCCO[PH](=O)O. The molecule has 4 nitrogen and oxygen atoms in total. The molecule has 44 valence electrons. The van der Waals surface area contributed by atoms with Crippen molar-refractivity contribution in [2.75, 3.05) is 13.2 Å². The second-order valence-electron chi connectivity index (χ2n) is 0.903. The number of hydrogen-bond donors (Lipinski definition) is 2. The molecular weight excluding hydrogens is 117 g/mol. The van der Waals surface area contributed by atoms with E-state index in [1.54, 1.807) is 0 Å². The summed E-state index contributed by atoms with van der Waals surface area (Å²) < 4.78 is 13.8. The van der Waals surface area contributed by atoms with Crippen LogP contribution >= 0.6 is 8.25 Å². The smallest absolute Gasteiger partial charge is 0.316 e. The molecule has 0 aromatic rings. The zero-order valence-corrected chi connectivity index (χ0v) is 4.76. The molecule has 0 radical (unpaired) electrons. The molecule has 0 spiro atoms. The summed E-state index contributed by atoms with van der Waals surface area (Å²) >= 11 is 0. The first kappa shape index (κ1) is 7.11. The van der Waals surface area contributed by atoms with Crippen molar-refractivity contribution >= 4 is 8.25 Å². The molecule has 1 atom stereocenters. The maximum atomic E-state index is 9.67. The predicted octanol–water partition coefficient (Wildman–Crippen LogP) is -0.656. The lowest BCUT2D eigenvalue weighted by Gasteiger charge is -1.91. The zero-order valence-electron chi connectivity index (χ0n) is 3.76. The standard InChI is InChI=1S/C2H8NO3P/c3-1-2-6-7(4)5/h7H,1-3H2,(H,4,5). The summed E-state index contributed by atoms with van der Waals surface area (Å²) in [5.74, 6) is 0. The molecule has 0 aliphatic rings. The summed E-state index contributed by atoms with van der Waals surface area (Å²) in [6.07, 6.45) is 0. The van der Waals surface area contributed by atoms with E-state index in [9.17, 15) is 4.57 Å². The van der Waals surface area contributed by atoms with Crippen LogP contribution in [0.25, 0.3) is 0 Å². The molecule has 0 aliphatic heterocycles. The summed E-state index contributed by atoms with van der Waals surface area (Å²) in [7, 11) is -2.73. The average Bonchev–Trinajstić information content (AvgIpc) is 1.61. The number of nitrogens with two attached hydrogens (primary N) is 1. The Morgan fingerprint density at radius 3 is 2.57 bits per heavy atom. The minimum absolute atomic E-state index is 0.161. The first-order valence-electron chi connectivity index (χ1n) is 1.83. The van der Waals surface area contributed by atoms with Crippen molar-refractivity contribution < 1.29 is 14.0 Å². The molecule has 0 heterocycles. The minimum atomic E-state index is -2.73. The van der Waals surface area contributed by atoms with Crippen molar-refractivity contribution in [2.24, 2.45) is 5.73 Å². The van der Waals surface area contributed by atoms with E-state index in [-0.39, 0.29) is 13.2 Å². The predicted molar refractivity (Wildman–Crippen MR) is 26.2 cm³/mol. The fourth-order valence-corrected chi connectivity index (χ4v) is 0.439. The van der Waals surface area contributed by atoms with Crippen LogP contribution in [0.5, 0.6) is 0 Å². The van der Waals surface area contributed by atoms with Crippen LogP contribution in [0, 0.1) is 0 Å². The Hall–Kier alpha value is 0.110. The topological polar surface area (TPSA) is 72.5 Å². The van der Waals surface area contributed by atoms with Gasteiger partial charge in [-0.05, 0) is 0 Å². The van der Waals surface area contributed by atoms with Gasteiger partial charge in [-0.2, -0.15) is 0 Å². The summed E-state index contributed by atoms with van der Waals surface area (Å²) in [6.45, 7) is 0.450. The Balaban J connectivity index is 2.82. The molecule has 0 saturated heterocycles. The van der Waals surface area contributed by atoms with Crippen LogP contribution in [-0.2, 0) is 9.09 Å². The van der Waals surface area contributed by atoms with Gasteiger partial charge in [0.15, 0.2) is 0 Å². The maximum Gasteiger partial charge on any atom is 0.316 e. The van der Waals surface area contributed by atoms with Gasteiger partial charge in [0.25, 0.3) is 0 Å². The third-order valence-electron chi connectivity index (χ3n) is 0.343. The molecule has 0 amide bonds. The van der Waals surface area contributed by atoms with Gasteiger partial charge in [0.2, 0.25) is 0 Å². The van der Waals surface area contributed by atoms with E-state index in [0.29, 0.717) is 0 Å². The third kappa shape index (κ3) is 6.11. The normalized spacial score (nSPS) is 14.0. The Labute approximate surface area is 42.2 Å². The van der Waals surface area contributed by atoms with Crippen molar-refractivity contribution in [2.45, 2.75) is 0 Å². The van der Waals surface area contributed by atoms with E-state index < -0.39 is 8.25 Å². The van der Waals surface area contributed by atoms with Crippen LogP contribution in [0.2, 0.25) is 0 Å². The Morgan fingerprint density at radius 2 is 2.43 bits per heavy atom. The van der Waals surface area contributed by atoms with Gasteiger partial charge in [0.1, 0.15) is 0 Å². The second-order valence-corrected chi connectivity index (χ2v) is 1.72. The summed E-state index contributed by atoms with van der Waals surface area (Å²) in [5, 5.41) is 0. The summed E-state index contributed by atoms with van der Waals surface area (Å²) in [6, 6.07) is 0. The highest BCUT2D eigenvalue weighted by molar-refractivity contribution is 7.32. The van der Waals surface area contributed by atoms with Crippen LogP contribution < -0.4 is 5.73 Å². The highest BCUT2D eigenvalue weighted by atomic mass is 31.1. The molecule has 0 aromatic carbocycles. The van der Waals surface area contributed by atoms with Gasteiger partial charge >= 0.3 is 8.25 Å². The van der Waals surface area contributed by atoms with Crippen LogP contribution in [0.3, 0.4) is 0 Å². The number of rotatable bonds is 3. The van der Waals surface area contributed by atoms with Gasteiger partial charge in [0.05, 0.1) is 6.61 Å². The molecule has 5 heteroatoms. The Morgan fingerprint density at radius 1 is 1.86 bits per heavy atom. The largest absolute Gasteiger partial charge is 0.328 e. The fourth-order valence-electron chi connectivity index (χ4n) is 0.146. The number of hydrogen-bond acceptors (Lipinski definition) is 3. The summed E-state index contributed by atoms with van der Waals surface area (Å²) in [4.78, 5) is 7.95. The van der Waals surface area contributed by atoms with Gasteiger partial charge < -0.3 is 15.2 Å². The van der Waals surface area contributed by atoms with E-state index >= 15 is 0 Å². The second kappa shape index (κ2) is 4.27. The van der Waals surface area contributed by atoms with Gasteiger partial charge in [-0.15, -0.1) is 0 Å². The molecule has 0 rings (SSSR count). The summed E-state index contributed by atoms with van der Waals surface area (Å²) in [5.41, 5.74) is 4.92. The molecule has 0 fully saturated rings. The molecule has 0 saturated carbocycles. The monoisotopic (exact) mass is 125 g/mol. The van der Waals surface area contributed by atoms with Gasteiger partial charge in [-0.3, -0.25) is 4.57 Å². The van der Waals surface area contributed by atoms with E-state index in [4.69, 9.17) is 10.6 Å². The first-order chi connectivity index (χ1) is 3.27. The van der Waals surface area contributed by atoms with Crippen molar-refractivity contribution in [1.82, 2.24) is 0 Å². The van der Waals surface area contributed by atoms with Crippen molar-refractivity contribution in [3.63, 3.8) is 0 Å². The lowest BCUT2D eigenvalue weighted by atomic mass is 10.8. The lowest BCUT2D eigenvalue weighted by molar-refractivity contribution is 0.289. The van der Waals surface area contributed by atoms with Crippen molar-refractivity contribution in [1.29, 1.82) is 0 Å². The highest BCUT2D eigenvalue weighted by Crippen LogP contribution is 2.12. The Kier molecular flexibility index (Phi) is 4.34. The molecule has 0 aliphatic carbocycles. The molecular formula is C2H8NO3P. The first-order valence-corrected chi connectivity index (χ1v) is 3.09. The van der Waals surface area contributed by atoms with Crippen LogP contribution in [0.15, 0.2) is 0 Å². The molecule has 0 aromatic heterocycles. The van der Waals surface area contributed by atoms with Crippen LogP contribution in [0.4, 0.5) is 0 Å². The molecule has 1 unspecified atom stereocenters. The van der Waals surface area contributed by atoms with E-state index in [1.165, 1.54) is 0 Å². The van der Waals surface area contributed by atoms with E-state index in [1.807, 2.05) is 0 Å². The average molecular weight is 125 g/mol. The van der Waals surface area contributed by atoms with Gasteiger partial charge in [-0.25, -0.2) is 0 Å². The lowest BCUT2D eigenvalue weighted by Crippen LogP contribution is -2.04. The molecule has 7 heavy (non-hydrogen) atoms. The zero-order chi connectivity index (χ0) is 5.70. The van der Waals surface area contributed by atoms with E-state index in [2.05, 4.69) is 4.52 Å². The van der Waals surface area contributed by atoms with Crippen molar-refractivity contribution in [3.05, 3.63) is 0 Å². The Bertz CT molecular complexity index is 66.0. The third-order valence-corrected chi connectivity index (χ3v) is 0.794.